The maximum Gasteiger partial charge on any atom is 0.226 e. The number of aromatic nitrogens is 1. The second kappa shape index (κ2) is 9.02. The van der Waals surface area contributed by atoms with Crippen LogP contribution in [0.3, 0.4) is 0 Å². The van der Waals surface area contributed by atoms with Crippen LogP contribution in [0.5, 0.6) is 0 Å². The van der Waals surface area contributed by atoms with Crippen LogP contribution in [0, 0.1) is 0 Å². The molecule has 3 N–H and O–H groups in total. The van der Waals surface area contributed by atoms with E-state index in [0.29, 0.717) is 15.8 Å². The van der Waals surface area contributed by atoms with Crippen LogP contribution in [0.2, 0.25) is 5.02 Å². The van der Waals surface area contributed by atoms with Crippen LogP contribution in [0.25, 0.3) is 10.2 Å². The van der Waals surface area contributed by atoms with Crippen LogP contribution in [-0.4, -0.2) is 22.7 Å². The number of benzene rings is 2. The Balaban J connectivity index is 1.72. The number of carbonyl (C=O) groups is 3. The summed E-state index contributed by atoms with van der Waals surface area (Å²) >= 11 is 7.24. The molecule has 3 amide bonds. The summed E-state index contributed by atoms with van der Waals surface area (Å²) in [5.41, 5.74) is 2.13. The van der Waals surface area contributed by atoms with Crippen molar-refractivity contribution in [1.29, 1.82) is 0 Å². The third-order valence-corrected chi connectivity index (χ3v) is 5.18. The van der Waals surface area contributed by atoms with Crippen molar-refractivity contribution in [2.75, 3.05) is 10.6 Å². The molecule has 3 rings (SSSR count). The Bertz CT molecular complexity index is 1070. The fourth-order valence-corrected chi connectivity index (χ4v) is 3.87. The number of fused-ring (bicyclic) bond motifs is 1. The third-order valence-electron chi connectivity index (χ3n) is 3.99. The number of halogens is 1. The average Bonchev–Trinajstić information content (AvgIpc) is 3.02. The Morgan fingerprint density at radius 1 is 1.03 bits per heavy atom. The van der Waals surface area contributed by atoms with Gasteiger partial charge in [0.1, 0.15) is 0 Å². The molecule has 0 saturated carbocycles. The predicted octanol–water partition coefficient (Wildman–Crippen LogP) is 4.11. The average molecular weight is 431 g/mol. The number of amides is 3. The maximum absolute atomic E-state index is 12.6. The fourth-order valence-electron chi connectivity index (χ4n) is 2.80. The summed E-state index contributed by atoms with van der Waals surface area (Å²) in [6.45, 7) is 2.83. The zero-order valence-corrected chi connectivity index (χ0v) is 17.4. The molecule has 1 heterocycles. The van der Waals surface area contributed by atoms with Gasteiger partial charge in [-0.1, -0.05) is 35.1 Å². The van der Waals surface area contributed by atoms with E-state index in [-0.39, 0.29) is 24.1 Å². The molecular weight excluding hydrogens is 412 g/mol. The normalized spacial score (nSPS) is 11.7. The molecule has 29 heavy (non-hydrogen) atoms. The first kappa shape index (κ1) is 20.8. The molecule has 1 unspecified atom stereocenters. The molecule has 0 aliphatic carbocycles. The summed E-state index contributed by atoms with van der Waals surface area (Å²) in [7, 11) is 0. The molecule has 0 spiro atoms. The summed E-state index contributed by atoms with van der Waals surface area (Å²) in [6.07, 6.45) is 0.0685. The van der Waals surface area contributed by atoms with Crippen LogP contribution in [0.15, 0.2) is 42.5 Å². The van der Waals surface area contributed by atoms with Gasteiger partial charge in [0.25, 0.3) is 0 Å². The lowest BCUT2D eigenvalue weighted by Gasteiger charge is -2.18. The van der Waals surface area contributed by atoms with Crippen molar-refractivity contribution in [3.63, 3.8) is 0 Å². The van der Waals surface area contributed by atoms with Gasteiger partial charge in [-0.2, -0.15) is 0 Å². The van der Waals surface area contributed by atoms with Gasteiger partial charge in [0.05, 0.1) is 22.7 Å². The van der Waals surface area contributed by atoms with E-state index < -0.39 is 6.04 Å². The zero-order chi connectivity index (χ0) is 21.0. The first-order valence-electron chi connectivity index (χ1n) is 8.81. The molecule has 1 atom stereocenters. The molecule has 7 nitrogen and oxygen atoms in total. The lowest BCUT2D eigenvalue weighted by Crippen LogP contribution is -2.29. The van der Waals surface area contributed by atoms with Crippen LogP contribution in [0.4, 0.5) is 10.8 Å². The number of carbonyl (C=O) groups excluding carboxylic acids is 3. The molecule has 150 valence electrons. The quantitative estimate of drug-likeness (QED) is 0.547. The minimum absolute atomic E-state index is 0.0685. The topological polar surface area (TPSA) is 100 Å². The second-order valence-corrected chi connectivity index (χ2v) is 7.91. The predicted molar refractivity (Wildman–Crippen MR) is 115 cm³/mol. The van der Waals surface area contributed by atoms with E-state index in [1.54, 1.807) is 42.5 Å². The Morgan fingerprint density at radius 3 is 2.41 bits per heavy atom. The van der Waals surface area contributed by atoms with Crippen molar-refractivity contribution in [3.05, 3.63) is 53.1 Å². The van der Waals surface area contributed by atoms with Gasteiger partial charge in [0.2, 0.25) is 17.7 Å². The van der Waals surface area contributed by atoms with Crippen LogP contribution < -0.4 is 16.0 Å². The van der Waals surface area contributed by atoms with Gasteiger partial charge in [-0.25, -0.2) is 4.98 Å². The Kier molecular flexibility index (Phi) is 6.46. The highest BCUT2D eigenvalue weighted by atomic mass is 35.5. The summed E-state index contributed by atoms with van der Waals surface area (Å²) in [5, 5.41) is 9.37. The first-order chi connectivity index (χ1) is 13.8. The fraction of sp³-hybridized carbons (Fsp3) is 0.200. The molecule has 0 bridgehead atoms. The number of nitrogens with zero attached hydrogens (tertiary/aromatic N) is 1. The molecule has 1 aromatic heterocycles. The molecule has 0 saturated heterocycles. The second-order valence-electron chi connectivity index (χ2n) is 6.44. The highest BCUT2D eigenvalue weighted by Crippen LogP contribution is 2.29. The molecule has 2 aromatic carbocycles. The number of anilines is 2. The number of hydrogen-bond donors (Lipinski definition) is 3. The van der Waals surface area contributed by atoms with Crippen molar-refractivity contribution < 1.29 is 14.4 Å². The smallest absolute Gasteiger partial charge is 0.226 e. The standard InChI is InChI=1S/C20H19ClN4O3S/c1-11(26)22-17(13-3-5-14(21)6-4-13)10-19(28)24-15-7-8-16-18(9-15)29-20(25-16)23-12(2)27/h3-9,17H,10H2,1-2H3,(H,22,26)(H,24,28)(H,23,25,27). The summed E-state index contributed by atoms with van der Waals surface area (Å²) < 4.78 is 0.836. The number of thiazole rings is 1. The largest absolute Gasteiger partial charge is 0.349 e. The van der Waals surface area contributed by atoms with Gasteiger partial charge in [0.15, 0.2) is 5.13 Å². The van der Waals surface area contributed by atoms with Crippen LogP contribution >= 0.6 is 22.9 Å². The van der Waals surface area contributed by atoms with Gasteiger partial charge in [-0.3, -0.25) is 14.4 Å². The lowest BCUT2D eigenvalue weighted by atomic mass is 10.0. The van der Waals surface area contributed by atoms with E-state index in [4.69, 9.17) is 11.6 Å². The third kappa shape index (κ3) is 5.75. The van der Waals surface area contributed by atoms with Gasteiger partial charge < -0.3 is 16.0 Å². The maximum atomic E-state index is 12.6. The molecule has 3 aromatic rings. The van der Waals surface area contributed by atoms with Crippen molar-refractivity contribution in [2.45, 2.75) is 26.3 Å². The molecule has 0 fully saturated rings. The zero-order valence-electron chi connectivity index (χ0n) is 15.8. The van der Waals surface area contributed by atoms with E-state index in [1.165, 1.54) is 25.2 Å². The van der Waals surface area contributed by atoms with E-state index in [0.717, 1.165) is 15.8 Å². The summed E-state index contributed by atoms with van der Waals surface area (Å²) in [5.74, 6) is -0.664. The minimum atomic E-state index is -0.469. The summed E-state index contributed by atoms with van der Waals surface area (Å²) in [4.78, 5) is 39.6. The molecular formula is C20H19ClN4O3S. The van der Waals surface area contributed by atoms with Gasteiger partial charge >= 0.3 is 0 Å². The number of rotatable bonds is 6. The Hall–Kier alpha value is -2.97. The van der Waals surface area contributed by atoms with Crippen molar-refractivity contribution in [3.8, 4) is 0 Å². The van der Waals surface area contributed by atoms with Crippen LogP contribution in [0.1, 0.15) is 31.9 Å². The Labute approximate surface area is 176 Å². The van der Waals surface area contributed by atoms with Gasteiger partial charge in [0, 0.05) is 24.6 Å². The number of nitrogens with one attached hydrogen (secondary N) is 3. The van der Waals surface area contributed by atoms with Crippen molar-refractivity contribution in [2.24, 2.45) is 0 Å². The highest BCUT2D eigenvalue weighted by molar-refractivity contribution is 7.22. The molecule has 0 aliphatic rings. The van der Waals surface area contributed by atoms with E-state index in [1.807, 2.05) is 0 Å². The minimum Gasteiger partial charge on any atom is -0.349 e. The molecule has 9 heteroatoms. The lowest BCUT2D eigenvalue weighted by molar-refractivity contribution is -0.120. The Morgan fingerprint density at radius 2 is 1.76 bits per heavy atom. The number of hydrogen-bond acceptors (Lipinski definition) is 5. The van der Waals surface area contributed by atoms with Gasteiger partial charge in [-0.15, -0.1) is 0 Å². The monoisotopic (exact) mass is 430 g/mol. The van der Waals surface area contributed by atoms with E-state index in [2.05, 4.69) is 20.9 Å². The summed E-state index contributed by atoms with van der Waals surface area (Å²) in [6, 6.07) is 11.8. The SMILES string of the molecule is CC(=O)Nc1nc2ccc(NC(=O)CC(NC(C)=O)c3ccc(Cl)cc3)cc2s1. The van der Waals surface area contributed by atoms with Crippen LogP contribution in [-0.2, 0) is 14.4 Å². The first-order valence-corrected chi connectivity index (χ1v) is 10.00. The molecule has 0 radical (unpaired) electrons. The van der Waals surface area contributed by atoms with E-state index in [9.17, 15) is 14.4 Å². The molecule has 0 aliphatic heterocycles. The van der Waals surface area contributed by atoms with Crippen molar-refractivity contribution in [1.82, 2.24) is 10.3 Å². The van der Waals surface area contributed by atoms with Gasteiger partial charge in [-0.05, 0) is 35.9 Å². The van der Waals surface area contributed by atoms with Crippen molar-refractivity contribution >= 4 is 61.7 Å². The van der Waals surface area contributed by atoms with E-state index >= 15 is 0 Å². The highest BCUT2D eigenvalue weighted by Gasteiger charge is 2.17.